The van der Waals surface area contributed by atoms with Gasteiger partial charge < -0.3 is 9.84 Å². The predicted molar refractivity (Wildman–Crippen MR) is 62.2 cm³/mol. The highest BCUT2D eigenvalue weighted by atomic mass is 32.2. The molecule has 0 fully saturated rings. The van der Waals surface area contributed by atoms with Crippen LogP contribution in [0.2, 0.25) is 0 Å². The Morgan fingerprint density at radius 3 is 2.65 bits per heavy atom. The molecule has 1 N–H and O–H groups in total. The number of rotatable bonds is 5. The van der Waals surface area contributed by atoms with Gasteiger partial charge in [0.1, 0.15) is 10.6 Å². The number of hydrogen-bond donors (Lipinski definition) is 1. The minimum atomic E-state index is -3.62. The molecule has 0 unspecified atom stereocenters. The Labute approximate surface area is 99.3 Å². The summed E-state index contributed by atoms with van der Waals surface area (Å²) in [6, 6.07) is 3.69. The van der Waals surface area contributed by atoms with Crippen LogP contribution in [0.5, 0.6) is 5.75 Å². The quantitative estimate of drug-likeness (QED) is 0.804. The molecule has 0 atom stereocenters. The molecule has 0 aliphatic carbocycles. The highest BCUT2D eigenvalue weighted by molar-refractivity contribution is 7.91. The lowest BCUT2D eigenvalue weighted by Gasteiger charge is -2.09. The molecule has 0 radical (unpaired) electrons. The van der Waals surface area contributed by atoms with Crippen LogP contribution in [0.3, 0.4) is 0 Å². The van der Waals surface area contributed by atoms with Crippen LogP contribution >= 0.6 is 0 Å². The number of carbonyl (C=O) groups is 1. The van der Waals surface area contributed by atoms with Gasteiger partial charge in [0.15, 0.2) is 9.84 Å². The largest absolute Gasteiger partial charge is 0.495 e. The van der Waals surface area contributed by atoms with Gasteiger partial charge in [-0.3, -0.25) is 0 Å². The van der Waals surface area contributed by atoms with Crippen LogP contribution in [0.1, 0.15) is 10.4 Å². The Balaban J connectivity index is 3.43. The summed E-state index contributed by atoms with van der Waals surface area (Å²) in [5.41, 5.74) is -0.103. The molecule has 5 nitrogen and oxygen atoms in total. The first kappa shape index (κ1) is 13.2. The normalized spacial score (nSPS) is 10.9. The molecule has 0 aliphatic rings. The maximum Gasteiger partial charge on any atom is 0.335 e. The van der Waals surface area contributed by atoms with Gasteiger partial charge in [-0.05, 0) is 18.2 Å². The van der Waals surface area contributed by atoms with Crippen molar-refractivity contribution in [1.29, 1.82) is 0 Å². The fourth-order valence-electron chi connectivity index (χ4n) is 1.30. The van der Waals surface area contributed by atoms with E-state index in [1.54, 1.807) is 0 Å². The highest BCUT2D eigenvalue weighted by Crippen LogP contribution is 2.26. The van der Waals surface area contributed by atoms with Crippen LogP contribution < -0.4 is 4.74 Å². The first-order chi connectivity index (χ1) is 7.92. The van der Waals surface area contributed by atoms with Gasteiger partial charge in [0, 0.05) is 0 Å². The standard InChI is InChI=1S/C11H12O5S/c1-3-6-17(14,15)10-7-8(11(12)13)4-5-9(10)16-2/h3-5,7H,1,6H2,2H3,(H,12,13). The Bertz CT molecular complexity index is 545. The third-order valence-corrected chi connectivity index (χ3v) is 3.75. The molecule has 0 amide bonds. The first-order valence-corrected chi connectivity index (χ1v) is 6.32. The minimum Gasteiger partial charge on any atom is -0.495 e. The second-order valence-corrected chi connectivity index (χ2v) is 5.24. The lowest BCUT2D eigenvalue weighted by Crippen LogP contribution is -2.08. The van der Waals surface area contributed by atoms with Crippen LogP contribution in [0, 0.1) is 0 Å². The summed E-state index contributed by atoms with van der Waals surface area (Å²) in [6.07, 6.45) is 1.24. The van der Waals surface area contributed by atoms with Gasteiger partial charge in [0.25, 0.3) is 0 Å². The summed E-state index contributed by atoms with van der Waals surface area (Å²) in [4.78, 5) is 10.6. The van der Waals surface area contributed by atoms with Crippen molar-refractivity contribution < 1.29 is 23.1 Å². The highest BCUT2D eigenvalue weighted by Gasteiger charge is 2.20. The third-order valence-electron chi connectivity index (χ3n) is 2.08. The number of benzene rings is 1. The number of sulfone groups is 1. The molecule has 1 rings (SSSR count). The summed E-state index contributed by atoms with van der Waals surface area (Å²) < 4.78 is 28.6. The maximum atomic E-state index is 11.8. The monoisotopic (exact) mass is 256 g/mol. The Morgan fingerprint density at radius 2 is 2.18 bits per heavy atom. The number of carboxylic acid groups (broad SMARTS) is 1. The summed E-state index contributed by atoms with van der Waals surface area (Å²) in [6.45, 7) is 3.35. The van der Waals surface area contributed by atoms with Crippen LogP contribution in [0.15, 0.2) is 35.7 Å². The van der Waals surface area contributed by atoms with Gasteiger partial charge in [-0.2, -0.15) is 0 Å². The fraction of sp³-hybridized carbons (Fsp3) is 0.182. The number of ether oxygens (including phenoxy) is 1. The van der Waals surface area contributed by atoms with Crippen molar-refractivity contribution in [3.8, 4) is 5.75 Å². The van der Waals surface area contributed by atoms with Gasteiger partial charge in [0.2, 0.25) is 0 Å². The summed E-state index contributed by atoms with van der Waals surface area (Å²) in [5.74, 6) is -1.34. The Hall–Kier alpha value is -1.82. The molecular formula is C11H12O5S. The van der Waals surface area contributed by atoms with Crippen molar-refractivity contribution >= 4 is 15.8 Å². The van der Waals surface area contributed by atoms with E-state index < -0.39 is 15.8 Å². The van der Waals surface area contributed by atoms with E-state index in [1.807, 2.05) is 0 Å². The number of methoxy groups -OCH3 is 1. The maximum absolute atomic E-state index is 11.8. The van der Waals surface area contributed by atoms with Gasteiger partial charge >= 0.3 is 5.97 Å². The molecular weight excluding hydrogens is 244 g/mol. The predicted octanol–water partition coefficient (Wildman–Crippen LogP) is 1.35. The molecule has 1 aromatic rings. The lowest BCUT2D eigenvalue weighted by atomic mass is 10.2. The van der Waals surface area contributed by atoms with Crippen molar-refractivity contribution in [1.82, 2.24) is 0 Å². The summed E-state index contributed by atoms with van der Waals surface area (Å²) in [5, 5.41) is 8.81. The van der Waals surface area contributed by atoms with Crippen LogP contribution in [-0.2, 0) is 9.84 Å². The zero-order valence-electron chi connectivity index (χ0n) is 9.21. The zero-order chi connectivity index (χ0) is 13.1. The molecule has 0 bridgehead atoms. The molecule has 0 aromatic heterocycles. The van der Waals surface area contributed by atoms with E-state index in [0.29, 0.717) is 0 Å². The van der Waals surface area contributed by atoms with Crippen molar-refractivity contribution in [2.75, 3.05) is 12.9 Å². The second kappa shape index (κ2) is 5.01. The zero-order valence-corrected chi connectivity index (χ0v) is 10.0. The van der Waals surface area contributed by atoms with E-state index in [2.05, 4.69) is 6.58 Å². The molecule has 0 saturated heterocycles. The van der Waals surface area contributed by atoms with Gasteiger partial charge in [-0.1, -0.05) is 6.08 Å². The molecule has 0 aliphatic heterocycles. The first-order valence-electron chi connectivity index (χ1n) is 4.67. The SMILES string of the molecule is C=CCS(=O)(=O)c1cc(C(=O)O)ccc1OC. The van der Waals surface area contributed by atoms with Crippen molar-refractivity contribution in [3.63, 3.8) is 0 Å². The fourth-order valence-corrected chi connectivity index (χ4v) is 2.55. The van der Waals surface area contributed by atoms with E-state index in [1.165, 1.54) is 25.3 Å². The van der Waals surface area contributed by atoms with Gasteiger partial charge in [-0.25, -0.2) is 13.2 Å². The Morgan fingerprint density at radius 1 is 1.53 bits per heavy atom. The van der Waals surface area contributed by atoms with E-state index in [0.717, 1.165) is 6.07 Å². The van der Waals surface area contributed by atoms with Crippen LogP contribution in [-0.4, -0.2) is 32.4 Å². The van der Waals surface area contributed by atoms with E-state index in [4.69, 9.17) is 9.84 Å². The van der Waals surface area contributed by atoms with Crippen LogP contribution in [0.4, 0.5) is 0 Å². The molecule has 92 valence electrons. The average Bonchev–Trinajstić information content (AvgIpc) is 2.28. The number of hydrogen-bond acceptors (Lipinski definition) is 4. The number of carboxylic acids is 1. The average molecular weight is 256 g/mol. The molecule has 1 aromatic carbocycles. The molecule has 0 saturated carbocycles. The molecule has 0 heterocycles. The Kier molecular flexibility index (Phi) is 3.90. The lowest BCUT2D eigenvalue weighted by molar-refractivity contribution is 0.0696. The van der Waals surface area contributed by atoms with Gasteiger partial charge in [-0.15, -0.1) is 6.58 Å². The third kappa shape index (κ3) is 2.85. The summed E-state index contributed by atoms with van der Waals surface area (Å²) >= 11 is 0. The topological polar surface area (TPSA) is 80.7 Å². The van der Waals surface area contributed by atoms with Crippen LogP contribution in [0.25, 0.3) is 0 Å². The van der Waals surface area contributed by atoms with Crippen molar-refractivity contribution in [3.05, 3.63) is 36.4 Å². The van der Waals surface area contributed by atoms with Gasteiger partial charge in [0.05, 0.1) is 18.4 Å². The molecule has 6 heteroatoms. The van der Waals surface area contributed by atoms with E-state index in [-0.39, 0.29) is 22.0 Å². The summed E-state index contributed by atoms with van der Waals surface area (Å²) in [7, 11) is -2.29. The second-order valence-electron chi connectivity index (χ2n) is 3.24. The smallest absolute Gasteiger partial charge is 0.335 e. The van der Waals surface area contributed by atoms with Crippen molar-refractivity contribution in [2.45, 2.75) is 4.90 Å². The van der Waals surface area contributed by atoms with E-state index >= 15 is 0 Å². The van der Waals surface area contributed by atoms with Crippen molar-refractivity contribution in [2.24, 2.45) is 0 Å². The minimum absolute atomic E-state index is 0.103. The van der Waals surface area contributed by atoms with E-state index in [9.17, 15) is 13.2 Å². The number of aromatic carboxylic acids is 1. The molecule has 17 heavy (non-hydrogen) atoms. The molecule has 0 spiro atoms.